The van der Waals surface area contributed by atoms with Crippen molar-refractivity contribution in [3.8, 4) is 50.2 Å². The van der Waals surface area contributed by atoms with Crippen LogP contribution in [0, 0.1) is 0 Å². The summed E-state index contributed by atoms with van der Waals surface area (Å²) in [4.78, 5) is 2.41. The zero-order chi connectivity index (χ0) is 46.8. The Morgan fingerprint density at radius 2 is 0.859 bits per heavy atom. The van der Waals surface area contributed by atoms with Crippen molar-refractivity contribution in [1.82, 2.24) is 4.57 Å². The van der Waals surface area contributed by atoms with Crippen LogP contribution in [0.4, 0.5) is 17.1 Å². The van der Waals surface area contributed by atoms with E-state index in [2.05, 4.69) is 264 Å². The van der Waals surface area contributed by atoms with Crippen LogP contribution in [0.5, 0.6) is 0 Å². The van der Waals surface area contributed by atoms with Crippen molar-refractivity contribution in [3.05, 3.63) is 267 Å². The third-order valence-corrected chi connectivity index (χ3v) is 14.4. The van der Waals surface area contributed by atoms with Gasteiger partial charge in [0, 0.05) is 49.6 Å². The molecule has 12 aromatic carbocycles. The first-order chi connectivity index (χ1) is 35.2. The van der Waals surface area contributed by atoms with E-state index in [4.69, 9.17) is 4.42 Å². The fourth-order valence-electron chi connectivity index (χ4n) is 11.1. The van der Waals surface area contributed by atoms with Crippen LogP contribution in [0.25, 0.3) is 115 Å². The summed E-state index contributed by atoms with van der Waals surface area (Å²) in [5.41, 5.74) is 17.6. The molecule has 71 heavy (non-hydrogen) atoms. The number of benzene rings is 12. The Labute approximate surface area is 411 Å². The second kappa shape index (κ2) is 16.7. The number of furan rings is 1. The molecule has 3 nitrogen and oxygen atoms in total. The van der Waals surface area contributed by atoms with Crippen LogP contribution in [0.2, 0.25) is 0 Å². The van der Waals surface area contributed by atoms with E-state index in [1.54, 1.807) is 0 Å². The highest BCUT2D eigenvalue weighted by Gasteiger charge is 2.21. The van der Waals surface area contributed by atoms with Gasteiger partial charge in [0.05, 0.1) is 22.4 Å². The highest BCUT2D eigenvalue weighted by molar-refractivity contribution is 6.11. The van der Waals surface area contributed by atoms with Crippen molar-refractivity contribution in [2.24, 2.45) is 0 Å². The molecule has 0 aliphatic heterocycles. The molecule has 0 saturated heterocycles. The summed E-state index contributed by atoms with van der Waals surface area (Å²) in [5, 5.41) is 9.76. The molecule has 0 unspecified atom stereocenters. The molecule has 0 aliphatic carbocycles. The molecule has 0 amide bonds. The second-order valence-electron chi connectivity index (χ2n) is 18.4. The molecule has 0 saturated carbocycles. The first-order valence-corrected chi connectivity index (χ1v) is 24.3. The van der Waals surface area contributed by atoms with Gasteiger partial charge >= 0.3 is 0 Å². The van der Waals surface area contributed by atoms with Crippen LogP contribution in [0.3, 0.4) is 0 Å². The van der Waals surface area contributed by atoms with Crippen LogP contribution in [0.1, 0.15) is 0 Å². The largest absolute Gasteiger partial charge is 0.455 e. The van der Waals surface area contributed by atoms with Crippen LogP contribution < -0.4 is 4.90 Å². The Bertz CT molecular complexity index is 4310. The predicted octanol–water partition coefficient (Wildman–Crippen LogP) is 19.1. The highest BCUT2D eigenvalue weighted by Crippen LogP contribution is 2.45. The summed E-state index contributed by atoms with van der Waals surface area (Å²) in [6.45, 7) is 0. The summed E-state index contributed by atoms with van der Waals surface area (Å²) < 4.78 is 8.94. The first kappa shape index (κ1) is 40.6. The van der Waals surface area contributed by atoms with Crippen molar-refractivity contribution < 1.29 is 4.42 Å². The topological polar surface area (TPSA) is 21.3 Å². The van der Waals surface area contributed by atoms with Gasteiger partial charge in [-0.2, -0.15) is 0 Å². The Morgan fingerprint density at radius 3 is 1.69 bits per heavy atom. The highest BCUT2D eigenvalue weighted by atomic mass is 16.3. The maximum absolute atomic E-state index is 6.52. The van der Waals surface area contributed by atoms with E-state index < -0.39 is 0 Å². The molecule has 14 aromatic rings. The lowest BCUT2D eigenvalue weighted by Crippen LogP contribution is -2.11. The molecular formula is C68H44N2O. The zero-order valence-corrected chi connectivity index (χ0v) is 38.7. The summed E-state index contributed by atoms with van der Waals surface area (Å²) >= 11 is 0. The van der Waals surface area contributed by atoms with Crippen LogP contribution >= 0.6 is 0 Å². The Balaban J connectivity index is 0.913. The number of aromatic nitrogens is 1. The number of anilines is 3. The third kappa shape index (κ3) is 6.82. The third-order valence-electron chi connectivity index (χ3n) is 14.4. The van der Waals surface area contributed by atoms with E-state index in [-0.39, 0.29) is 0 Å². The van der Waals surface area contributed by atoms with Gasteiger partial charge in [0.15, 0.2) is 0 Å². The quantitative estimate of drug-likeness (QED) is 0.142. The van der Waals surface area contributed by atoms with Gasteiger partial charge in [-0.25, -0.2) is 0 Å². The molecule has 0 bridgehead atoms. The average molecular weight is 905 g/mol. The number of para-hydroxylation sites is 6. The van der Waals surface area contributed by atoms with Crippen molar-refractivity contribution in [1.29, 1.82) is 0 Å². The van der Waals surface area contributed by atoms with Gasteiger partial charge in [-0.1, -0.05) is 200 Å². The molecule has 0 atom stereocenters. The lowest BCUT2D eigenvalue weighted by Gasteiger charge is -2.28. The lowest BCUT2D eigenvalue weighted by molar-refractivity contribution is 0.670. The maximum Gasteiger partial charge on any atom is 0.143 e. The molecular weight excluding hydrogens is 861 g/mol. The molecule has 14 rings (SSSR count). The van der Waals surface area contributed by atoms with Crippen molar-refractivity contribution >= 4 is 82.4 Å². The van der Waals surface area contributed by atoms with Crippen LogP contribution in [0.15, 0.2) is 271 Å². The molecule has 2 aromatic heterocycles. The zero-order valence-electron chi connectivity index (χ0n) is 38.7. The molecule has 2 heterocycles. The van der Waals surface area contributed by atoms with Crippen molar-refractivity contribution in [2.45, 2.75) is 0 Å². The lowest BCUT2D eigenvalue weighted by atomic mass is 9.95. The second-order valence-corrected chi connectivity index (χ2v) is 18.4. The van der Waals surface area contributed by atoms with Crippen LogP contribution in [-0.4, -0.2) is 4.57 Å². The van der Waals surface area contributed by atoms with E-state index in [0.717, 1.165) is 78.1 Å². The fraction of sp³-hybridized carbons (Fsp3) is 0. The summed E-state index contributed by atoms with van der Waals surface area (Å²) in [6.07, 6.45) is 0. The minimum atomic E-state index is 0.897. The molecule has 0 radical (unpaired) electrons. The van der Waals surface area contributed by atoms with Gasteiger partial charge in [-0.15, -0.1) is 0 Å². The average Bonchev–Trinajstić information content (AvgIpc) is 4.00. The molecule has 0 fully saturated rings. The maximum atomic E-state index is 6.52. The monoisotopic (exact) mass is 904 g/mol. The number of hydrogen-bond acceptors (Lipinski definition) is 2. The Morgan fingerprint density at radius 1 is 0.296 bits per heavy atom. The van der Waals surface area contributed by atoms with Gasteiger partial charge in [0.1, 0.15) is 11.2 Å². The van der Waals surface area contributed by atoms with Gasteiger partial charge in [0.2, 0.25) is 0 Å². The molecule has 0 N–H and O–H groups in total. The minimum Gasteiger partial charge on any atom is -0.455 e. The van der Waals surface area contributed by atoms with Crippen LogP contribution in [-0.2, 0) is 0 Å². The number of fused-ring (bicyclic) bond motifs is 9. The van der Waals surface area contributed by atoms with E-state index in [0.29, 0.717) is 0 Å². The first-order valence-electron chi connectivity index (χ1n) is 24.3. The summed E-state index contributed by atoms with van der Waals surface area (Å²) in [6, 6.07) is 96.8. The van der Waals surface area contributed by atoms with Gasteiger partial charge < -0.3 is 13.9 Å². The van der Waals surface area contributed by atoms with Crippen molar-refractivity contribution in [3.63, 3.8) is 0 Å². The van der Waals surface area contributed by atoms with E-state index in [1.807, 2.05) is 12.1 Å². The summed E-state index contributed by atoms with van der Waals surface area (Å²) in [7, 11) is 0. The Kier molecular flexibility index (Phi) is 9.53. The predicted molar refractivity (Wildman–Crippen MR) is 299 cm³/mol. The fourth-order valence-corrected chi connectivity index (χ4v) is 11.1. The summed E-state index contributed by atoms with van der Waals surface area (Å²) in [5.74, 6) is 0. The standard InChI is InChI=1S/C68H44N2O/c1-2-21-54-45(16-1)34-35-51-42-48(38-41-55(51)54)47-17-14-20-53(44-47)69(52-39-36-46(37-40-52)58-27-15-28-62-61-26-7-12-33-67(61)71-68(58)62)63-29-8-3-22-56(63)49-18-13-19-50(43-49)57-23-4-9-30-64(57)70-65-31-10-5-24-59(65)60-25-6-11-32-66(60)70/h1-44H. The van der Waals surface area contributed by atoms with E-state index >= 15 is 0 Å². The van der Waals surface area contributed by atoms with Gasteiger partial charge in [-0.05, 0) is 116 Å². The van der Waals surface area contributed by atoms with Gasteiger partial charge in [0.25, 0.3) is 0 Å². The molecule has 332 valence electrons. The number of rotatable bonds is 8. The molecule has 0 aliphatic rings. The normalized spacial score (nSPS) is 11.7. The van der Waals surface area contributed by atoms with Crippen molar-refractivity contribution in [2.75, 3.05) is 4.90 Å². The minimum absolute atomic E-state index is 0.897. The van der Waals surface area contributed by atoms with E-state index in [1.165, 1.54) is 54.5 Å². The smallest absolute Gasteiger partial charge is 0.143 e. The Hall–Kier alpha value is -9.44. The number of nitrogens with zero attached hydrogens (tertiary/aromatic N) is 2. The van der Waals surface area contributed by atoms with Gasteiger partial charge in [-0.3, -0.25) is 0 Å². The van der Waals surface area contributed by atoms with E-state index in [9.17, 15) is 0 Å². The molecule has 0 spiro atoms. The SMILES string of the molecule is c1cc(-c2ccccc2N(c2ccc(-c3cccc4c3oc3ccccc34)cc2)c2cccc(-c3ccc4c(ccc5ccccc54)c3)c2)cc(-c2ccccc2-n2c3ccccc3c3ccccc32)c1. The molecule has 3 heteroatoms. The number of hydrogen-bond donors (Lipinski definition) is 0.